The van der Waals surface area contributed by atoms with E-state index in [1.54, 1.807) is 17.0 Å². The number of carbonyl (C=O) groups is 2. The Kier molecular flexibility index (Phi) is 9.30. The van der Waals surface area contributed by atoms with Crippen LogP contribution in [0.25, 0.3) is 0 Å². The van der Waals surface area contributed by atoms with Gasteiger partial charge in [0.25, 0.3) is 5.91 Å². The molecule has 8 heteroatoms. The maximum absolute atomic E-state index is 12.8. The van der Waals surface area contributed by atoms with Crippen LogP contribution >= 0.6 is 0 Å². The smallest absolute Gasteiger partial charge is 0.251 e. The minimum atomic E-state index is -3.63. The van der Waals surface area contributed by atoms with E-state index in [4.69, 9.17) is 0 Å². The third kappa shape index (κ3) is 7.09. The second kappa shape index (κ2) is 11.5. The van der Waals surface area contributed by atoms with Crippen LogP contribution in [-0.2, 0) is 14.8 Å². The number of amides is 2. The zero-order valence-corrected chi connectivity index (χ0v) is 19.2. The standard InChI is InChI=1S/C22H35N3O4S/c1-18(2)8-6-4-5-7-13-23-22(27)20-9-11-21(12-10-20)30(28,29)25-16-14-24(15-17-25)19(3)26/h9-12,18H,4-8,13-17H2,1-3H3,(H,23,27). The molecule has 1 aliphatic rings. The highest BCUT2D eigenvalue weighted by atomic mass is 32.2. The fourth-order valence-corrected chi connectivity index (χ4v) is 4.93. The van der Waals surface area contributed by atoms with Crippen molar-refractivity contribution in [2.75, 3.05) is 32.7 Å². The highest BCUT2D eigenvalue weighted by Crippen LogP contribution is 2.18. The van der Waals surface area contributed by atoms with Gasteiger partial charge in [-0.25, -0.2) is 8.42 Å². The number of sulfonamides is 1. The number of hydrogen-bond acceptors (Lipinski definition) is 4. The van der Waals surface area contributed by atoms with Crippen molar-refractivity contribution in [3.8, 4) is 0 Å². The second-order valence-electron chi connectivity index (χ2n) is 8.29. The summed E-state index contributed by atoms with van der Waals surface area (Å²) in [5.74, 6) is 0.510. The quantitative estimate of drug-likeness (QED) is 0.570. The molecule has 0 radical (unpaired) electrons. The number of rotatable bonds is 10. The molecule has 1 aliphatic heterocycles. The third-order valence-corrected chi connectivity index (χ3v) is 7.34. The number of unbranched alkanes of at least 4 members (excludes halogenated alkanes) is 3. The normalized spacial score (nSPS) is 15.4. The highest BCUT2D eigenvalue weighted by molar-refractivity contribution is 7.89. The lowest BCUT2D eigenvalue weighted by atomic mass is 10.0. The minimum Gasteiger partial charge on any atom is -0.352 e. The molecule has 0 saturated carbocycles. The molecule has 1 aromatic rings. The van der Waals surface area contributed by atoms with Crippen LogP contribution in [0.5, 0.6) is 0 Å². The molecule has 0 aliphatic carbocycles. The molecule has 1 fully saturated rings. The number of piperazine rings is 1. The van der Waals surface area contributed by atoms with E-state index in [1.165, 1.54) is 42.6 Å². The van der Waals surface area contributed by atoms with Crippen LogP contribution in [-0.4, -0.2) is 62.2 Å². The second-order valence-corrected chi connectivity index (χ2v) is 10.2. The molecule has 7 nitrogen and oxygen atoms in total. The van der Waals surface area contributed by atoms with Gasteiger partial charge in [0.15, 0.2) is 0 Å². The SMILES string of the molecule is CC(=O)N1CCN(S(=O)(=O)c2ccc(C(=O)NCCCCCCC(C)C)cc2)CC1. The number of benzene rings is 1. The van der Waals surface area contributed by atoms with Crippen molar-refractivity contribution in [2.45, 2.75) is 57.8 Å². The van der Waals surface area contributed by atoms with E-state index < -0.39 is 10.0 Å². The van der Waals surface area contributed by atoms with Crippen LogP contribution in [0.2, 0.25) is 0 Å². The molecule has 1 saturated heterocycles. The Morgan fingerprint density at radius 3 is 2.13 bits per heavy atom. The fourth-order valence-electron chi connectivity index (χ4n) is 3.51. The monoisotopic (exact) mass is 437 g/mol. The maximum atomic E-state index is 12.8. The first-order chi connectivity index (χ1) is 14.2. The van der Waals surface area contributed by atoms with Gasteiger partial charge in [-0.2, -0.15) is 4.31 Å². The number of carbonyl (C=O) groups excluding carboxylic acids is 2. The molecule has 2 rings (SSSR count). The summed E-state index contributed by atoms with van der Waals surface area (Å²) in [7, 11) is -3.63. The first kappa shape index (κ1) is 24.3. The maximum Gasteiger partial charge on any atom is 0.251 e. The Bertz CT molecular complexity index is 798. The Balaban J connectivity index is 1.81. The molecule has 0 atom stereocenters. The number of hydrogen-bond donors (Lipinski definition) is 1. The summed E-state index contributed by atoms with van der Waals surface area (Å²) in [6, 6.07) is 6.06. The Labute approximate surface area is 180 Å². The third-order valence-electron chi connectivity index (χ3n) is 5.43. The van der Waals surface area contributed by atoms with E-state index >= 15 is 0 Å². The van der Waals surface area contributed by atoms with Gasteiger partial charge in [-0.05, 0) is 36.6 Å². The zero-order valence-electron chi connectivity index (χ0n) is 18.4. The van der Waals surface area contributed by atoms with Crippen LogP contribution < -0.4 is 5.32 Å². The molecule has 0 unspecified atom stereocenters. The molecule has 1 aromatic carbocycles. The Morgan fingerprint density at radius 1 is 0.967 bits per heavy atom. The van der Waals surface area contributed by atoms with Crippen molar-refractivity contribution < 1.29 is 18.0 Å². The largest absolute Gasteiger partial charge is 0.352 e. The first-order valence-corrected chi connectivity index (χ1v) is 12.3. The van der Waals surface area contributed by atoms with E-state index in [-0.39, 0.29) is 29.8 Å². The minimum absolute atomic E-state index is 0.0435. The van der Waals surface area contributed by atoms with Gasteiger partial charge < -0.3 is 10.2 Å². The molecule has 0 bridgehead atoms. The summed E-state index contributed by atoms with van der Waals surface area (Å²) in [6.07, 6.45) is 5.70. The van der Waals surface area contributed by atoms with Gasteiger partial charge in [0.1, 0.15) is 0 Å². The van der Waals surface area contributed by atoms with E-state index in [0.717, 1.165) is 18.8 Å². The van der Waals surface area contributed by atoms with Crippen molar-refractivity contribution in [3.63, 3.8) is 0 Å². The van der Waals surface area contributed by atoms with Gasteiger partial charge in [-0.1, -0.05) is 39.5 Å². The van der Waals surface area contributed by atoms with Crippen molar-refractivity contribution in [3.05, 3.63) is 29.8 Å². The van der Waals surface area contributed by atoms with Crippen LogP contribution in [0.1, 0.15) is 63.2 Å². The zero-order chi connectivity index (χ0) is 22.1. The van der Waals surface area contributed by atoms with Crippen LogP contribution in [0.3, 0.4) is 0 Å². The highest BCUT2D eigenvalue weighted by Gasteiger charge is 2.29. The lowest BCUT2D eigenvalue weighted by molar-refractivity contribution is -0.129. The topological polar surface area (TPSA) is 86.8 Å². The predicted octanol–water partition coefficient (Wildman–Crippen LogP) is 2.88. The van der Waals surface area contributed by atoms with Gasteiger partial charge >= 0.3 is 0 Å². The fraction of sp³-hybridized carbons (Fsp3) is 0.636. The van der Waals surface area contributed by atoms with Crippen LogP contribution in [0.4, 0.5) is 0 Å². The van der Waals surface area contributed by atoms with Crippen LogP contribution in [0.15, 0.2) is 29.2 Å². The average molecular weight is 438 g/mol. The van der Waals surface area contributed by atoms with Crippen molar-refractivity contribution >= 4 is 21.8 Å². The van der Waals surface area contributed by atoms with Crippen molar-refractivity contribution in [2.24, 2.45) is 5.92 Å². The van der Waals surface area contributed by atoms with E-state index in [1.807, 2.05) is 0 Å². The Hall–Kier alpha value is -1.93. The molecular formula is C22H35N3O4S. The lowest BCUT2D eigenvalue weighted by Gasteiger charge is -2.33. The van der Waals surface area contributed by atoms with Gasteiger partial charge in [0.2, 0.25) is 15.9 Å². The van der Waals surface area contributed by atoms with E-state index in [2.05, 4.69) is 19.2 Å². The summed E-state index contributed by atoms with van der Waals surface area (Å²) in [4.78, 5) is 25.5. The molecule has 2 amide bonds. The van der Waals surface area contributed by atoms with Gasteiger partial charge in [-0.3, -0.25) is 9.59 Å². The predicted molar refractivity (Wildman–Crippen MR) is 118 cm³/mol. The van der Waals surface area contributed by atoms with Gasteiger partial charge in [-0.15, -0.1) is 0 Å². The summed E-state index contributed by atoms with van der Waals surface area (Å²) in [5, 5.41) is 2.90. The molecule has 1 heterocycles. The molecule has 30 heavy (non-hydrogen) atoms. The van der Waals surface area contributed by atoms with Gasteiger partial charge in [0, 0.05) is 45.2 Å². The first-order valence-electron chi connectivity index (χ1n) is 10.9. The summed E-state index contributed by atoms with van der Waals surface area (Å²) >= 11 is 0. The van der Waals surface area contributed by atoms with Gasteiger partial charge in [0.05, 0.1) is 4.90 Å². The summed E-state index contributed by atoms with van der Waals surface area (Å²) in [5.41, 5.74) is 0.454. The number of nitrogens with zero attached hydrogens (tertiary/aromatic N) is 2. The van der Waals surface area contributed by atoms with E-state index in [0.29, 0.717) is 25.2 Å². The van der Waals surface area contributed by atoms with Crippen LogP contribution in [0, 0.1) is 5.92 Å². The average Bonchev–Trinajstić information content (AvgIpc) is 2.72. The molecule has 0 aromatic heterocycles. The van der Waals surface area contributed by atoms with Crippen molar-refractivity contribution in [1.29, 1.82) is 0 Å². The molecular weight excluding hydrogens is 402 g/mol. The van der Waals surface area contributed by atoms with Crippen molar-refractivity contribution in [1.82, 2.24) is 14.5 Å². The van der Waals surface area contributed by atoms with E-state index in [9.17, 15) is 18.0 Å². The number of nitrogens with one attached hydrogen (secondary N) is 1. The Morgan fingerprint density at radius 2 is 1.57 bits per heavy atom. The molecule has 168 valence electrons. The summed E-state index contributed by atoms with van der Waals surface area (Å²) < 4.78 is 27.0. The molecule has 1 N–H and O–H groups in total. The lowest BCUT2D eigenvalue weighted by Crippen LogP contribution is -2.49. The molecule has 0 spiro atoms. The summed E-state index contributed by atoms with van der Waals surface area (Å²) in [6.45, 7) is 7.92.